The molecule has 0 aliphatic heterocycles. The second-order valence-corrected chi connectivity index (χ2v) is 5.54. The molecule has 17 heavy (non-hydrogen) atoms. The molecule has 0 saturated heterocycles. The van der Waals surface area contributed by atoms with Gasteiger partial charge in [0.1, 0.15) is 0 Å². The Morgan fingerprint density at radius 3 is 2.82 bits per heavy atom. The molecule has 2 nitrogen and oxygen atoms in total. The lowest BCUT2D eigenvalue weighted by Crippen LogP contribution is -2.07. The molecule has 90 valence electrons. The van der Waals surface area contributed by atoms with Crippen molar-refractivity contribution in [1.29, 1.82) is 0 Å². The number of aromatic nitrogens is 1. The number of thiazole rings is 1. The first kappa shape index (κ1) is 12.3. The molecule has 1 atom stereocenters. The number of rotatable bonds is 4. The Labute approximate surface area is 107 Å². The summed E-state index contributed by atoms with van der Waals surface area (Å²) in [5.74, 6) is 0.415. The summed E-state index contributed by atoms with van der Waals surface area (Å²) in [5.41, 5.74) is 8.35. The van der Waals surface area contributed by atoms with E-state index in [1.807, 2.05) is 6.20 Å². The average Bonchev–Trinajstić information content (AvgIpc) is 2.80. The van der Waals surface area contributed by atoms with E-state index < -0.39 is 0 Å². The van der Waals surface area contributed by atoms with Gasteiger partial charge in [0.2, 0.25) is 0 Å². The van der Waals surface area contributed by atoms with Gasteiger partial charge in [-0.15, -0.1) is 11.3 Å². The van der Waals surface area contributed by atoms with Crippen LogP contribution in [0.5, 0.6) is 0 Å². The molecule has 0 spiro atoms. The molecule has 0 aliphatic carbocycles. The maximum atomic E-state index is 5.67. The molecule has 2 rings (SSSR count). The molecule has 0 saturated carbocycles. The van der Waals surface area contributed by atoms with Gasteiger partial charge in [-0.2, -0.15) is 0 Å². The van der Waals surface area contributed by atoms with Gasteiger partial charge >= 0.3 is 0 Å². The van der Waals surface area contributed by atoms with Gasteiger partial charge in [0, 0.05) is 23.4 Å². The molecule has 1 heterocycles. The molecule has 3 heteroatoms. The van der Waals surface area contributed by atoms with Gasteiger partial charge in [-0.05, 0) is 24.6 Å². The Kier molecular flexibility index (Phi) is 3.92. The van der Waals surface area contributed by atoms with Crippen LogP contribution in [-0.2, 0) is 6.42 Å². The standard InChI is InChI=1S/C14H18N2S/c1-10-5-3-4-6-12(10)7-14-16-9-13(17-14)11(2)8-15/h3-6,9,11H,7-8,15H2,1-2H3. The molecule has 1 aromatic carbocycles. The molecule has 1 aromatic heterocycles. The lowest BCUT2D eigenvalue weighted by atomic mass is 10.1. The summed E-state index contributed by atoms with van der Waals surface area (Å²) in [5, 5.41) is 1.18. The summed E-state index contributed by atoms with van der Waals surface area (Å²) in [7, 11) is 0. The average molecular weight is 246 g/mol. The zero-order valence-electron chi connectivity index (χ0n) is 10.3. The van der Waals surface area contributed by atoms with Crippen molar-refractivity contribution in [2.75, 3.05) is 6.54 Å². The molecule has 0 aliphatic rings. The number of aryl methyl sites for hydroxylation is 1. The van der Waals surface area contributed by atoms with E-state index >= 15 is 0 Å². The van der Waals surface area contributed by atoms with Crippen molar-refractivity contribution in [3.63, 3.8) is 0 Å². The Bertz CT molecular complexity index is 490. The van der Waals surface area contributed by atoms with Crippen LogP contribution in [0.15, 0.2) is 30.5 Å². The summed E-state index contributed by atoms with van der Waals surface area (Å²) >= 11 is 1.78. The van der Waals surface area contributed by atoms with Crippen molar-refractivity contribution in [2.24, 2.45) is 5.73 Å². The van der Waals surface area contributed by atoms with E-state index in [-0.39, 0.29) is 0 Å². The number of nitrogens with zero attached hydrogens (tertiary/aromatic N) is 1. The molecule has 2 N–H and O–H groups in total. The highest BCUT2D eigenvalue weighted by atomic mass is 32.1. The smallest absolute Gasteiger partial charge is 0.0971 e. The van der Waals surface area contributed by atoms with Crippen LogP contribution in [-0.4, -0.2) is 11.5 Å². The van der Waals surface area contributed by atoms with Crippen LogP contribution in [0, 0.1) is 6.92 Å². The third kappa shape index (κ3) is 2.93. The Hall–Kier alpha value is -1.19. The van der Waals surface area contributed by atoms with E-state index in [2.05, 4.69) is 43.1 Å². The van der Waals surface area contributed by atoms with Gasteiger partial charge in [-0.25, -0.2) is 4.98 Å². The molecule has 0 radical (unpaired) electrons. The number of benzene rings is 1. The van der Waals surface area contributed by atoms with Crippen LogP contribution in [0.4, 0.5) is 0 Å². The lowest BCUT2D eigenvalue weighted by molar-refractivity contribution is 0.787. The third-order valence-corrected chi connectivity index (χ3v) is 4.24. The first-order valence-corrected chi connectivity index (χ1v) is 6.71. The van der Waals surface area contributed by atoms with E-state index in [4.69, 9.17) is 5.73 Å². The van der Waals surface area contributed by atoms with E-state index in [9.17, 15) is 0 Å². The second kappa shape index (κ2) is 5.43. The number of hydrogen-bond acceptors (Lipinski definition) is 3. The van der Waals surface area contributed by atoms with Crippen molar-refractivity contribution in [3.8, 4) is 0 Å². The normalized spacial score (nSPS) is 12.6. The first-order valence-electron chi connectivity index (χ1n) is 5.90. The van der Waals surface area contributed by atoms with Crippen LogP contribution < -0.4 is 5.73 Å². The summed E-state index contributed by atoms with van der Waals surface area (Å²) in [6, 6.07) is 8.47. The topological polar surface area (TPSA) is 38.9 Å². The highest BCUT2D eigenvalue weighted by molar-refractivity contribution is 7.11. The van der Waals surface area contributed by atoms with Gasteiger partial charge in [0.05, 0.1) is 5.01 Å². The lowest BCUT2D eigenvalue weighted by Gasteiger charge is -2.03. The predicted octanol–water partition coefficient (Wildman–Crippen LogP) is 3.10. The predicted molar refractivity (Wildman–Crippen MR) is 73.6 cm³/mol. The number of nitrogens with two attached hydrogens (primary N) is 1. The molecular weight excluding hydrogens is 228 g/mol. The Morgan fingerprint density at radius 1 is 1.35 bits per heavy atom. The fraction of sp³-hybridized carbons (Fsp3) is 0.357. The summed E-state index contributed by atoms with van der Waals surface area (Å²) < 4.78 is 0. The van der Waals surface area contributed by atoms with Crippen LogP contribution >= 0.6 is 11.3 Å². The highest BCUT2D eigenvalue weighted by Crippen LogP contribution is 2.24. The monoisotopic (exact) mass is 246 g/mol. The molecule has 1 unspecified atom stereocenters. The van der Waals surface area contributed by atoms with Crippen molar-refractivity contribution in [1.82, 2.24) is 4.98 Å². The maximum absolute atomic E-state index is 5.67. The molecule has 0 bridgehead atoms. The SMILES string of the molecule is Cc1ccccc1Cc1ncc(C(C)CN)s1. The third-order valence-electron chi connectivity index (χ3n) is 3.01. The minimum absolute atomic E-state index is 0.415. The van der Waals surface area contributed by atoms with Crippen molar-refractivity contribution in [2.45, 2.75) is 26.2 Å². The van der Waals surface area contributed by atoms with E-state index in [1.165, 1.54) is 21.0 Å². The summed E-state index contributed by atoms with van der Waals surface area (Å²) in [6.07, 6.45) is 2.89. The highest BCUT2D eigenvalue weighted by Gasteiger charge is 2.09. The first-order chi connectivity index (χ1) is 8.20. The van der Waals surface area contributed by atoms with Crippen LogP contribution in [0.25, 0.3) is 0 Å². The minimum Gasteiger partial charge on any atom is -0.330 e. The van der Waals surface area contributed by atoms with Gasteiger partial charge in [-0.3, -0.25) is 0 Å². The quantitative estimate of drug-likeness (QED) is 0.900. The zero-order chi connectivity index (χ0) is 12.3. The van der Waals surface area contributed by atoms with Gasteiger partial charge in [0.25, 0.3) is 0 Å². The van der Waals surface area contributed by atoms with Crippen molar-refractivity contribution in [3.05, 3.63) is 51.5 Å². The minimum atomic E-state index is 0.415. The van der Waals surface area contributed by atoms with Crippen LogP contribution in [0.3, 0.4) is 0 Å². The fourth-order valence-electron chi connectivity index (χ4n) is 1.72. The van der Waals surface area contributed by atoms with Crippen molar-refractivity contribution < 1.29 is 0 Å². The molecule has 0 fully saturated rings. The van der Waals surface area contributed by atoms with E-state index in [0.29, 0.717) is 12.5 Å². The van der Waals surface area contributed by atoms with Crippen LogP contribution in [0.2, 0.25) is 0 Å². The maximum Gasteiger partial charge on any atom is 0.0971 e. The molecule has 0 amide bonds. The Balaban J connectivity index is 2.14. The molecule has 2 aromatic rings. The van der Waals surface area contributed by atoms with Gasteiger partial charge in [0.15, 0.2) is 0 Å². The van der Waals surface area contributed by atoms with E-state index in [1.54, 1.807) is 11.3 Å². The zero-order valence-corrected chi connectivity index (χ0v) is 11.1. The second-order valence-electron chi connectivity index (χ2n) is 4.40. The molecular formula is C14H18N2S. The van der Waals surface area contributed by atoms with Crippen LogP contribution in [0.1, 0.15) is 33.9 Å². The largest absolute Gasteiger partial charge is 0.330 e. The summed E-state index contributed by atoms with van der Waals surface area (Å²) in [6.45, 7) is 4.98. The van der Waals surface area contributed by atoms with Gasteiger partial charge in [-0.1, -0.05) is 31.2 Å². The number of hydrogen-bond donors (Lipinski definition) is 1. The summed E-state index contributed by atoms with van der Waals surface area (Å²) in [4.78, 5) is 5.77. The van der Waals surface area contributed by atoms with Crippen molar-refractivity contribution >= 4 is 11.3 Å². The Morgan fingerprint density at radius 2 is 2.12 bits per heavy atom. The van der Waals surface area contributed by atoms with E-state index in [0.717, 1.165) is 6.42 Å². The van der Waals surface area contributed by atoms with Gasteiger partial charge < -0.3 is 5.73 Å². The fourth-order valence-corrected chi connectivity index (χ4v) is 2.73.